The molecule has 1 aliphatic rings. The second-order valence-electron chi connectivity index (χ2n) is 6.53. The van der Waals surface area contributed by atoms with Crippen LogP contribution < -0.4 is 5.32 Å². The van der Waals surface area contributed by atoms with Gasteiger partial charge in [-0.05, 0) is 36.8 Å². The fourth-order valence-corrected chi connectivity index (χ4v) is 3.45. The fraction of sp³-hybridized carbons (Fsp3) is 0.611. The molecule has 21 heavy (non-hydrogen) atoms. The second-order valence-corrected chi connectivity index (χ2v) is 6.53. The molecule has 1 aliphatic carbocycles. The molecule has 0 spiro atoms. The summed E-state index contributed by atoms with van der Waals surface area (Å²) in [5.41, 5.74) is 1.29. The van der Waals surface area contributed by atoms with E-state index in [1.165, 1.54) is 5.56 Å². The zero-order valence-electron chi connectivity index (χ0n) is 13.1. The van der Waals surface area contributed by atoms with Crippen molar-refractivity contribution in [1.82, 2.24) is 5.32 Å². The maximum atomic E-state index is 11.4. The first-order valence-corrected chi connectivity index (χ1v) is 8.10. The van der Waals surface area contributed by atoms with Crippen molar-refractivity contribution in [3.8, 4) is 0 Å². The number of hydrogen-bond acceptors (Lipinski definition) is 2. The van der Waals surface area contributed by atoms with Crippen LogP contribution in [0.3, 0.4) is 0 Å². The number of hydrogen-bond donors (Lipinski definition) is 2. The highest BCUT2D eigenvalue weighted by Crippen LogP contribution is 2.31. The van der Waals surface area contributed by atoms with E-state index in [0.717, 1.165) is 32.2 Å². The minimum atomic E-state index is -0.623. The summed E-state index contributed by atoms with van der Waals surface area (Å²) < 4.78 is 0. The Morgan fingerprint density at radius 2 is 1.90 bits per heavy atom. The molecule has 2 rings (SSSR count). The molecule has 3 nitrogen and oxygen atoms in total. The highest BCUT2D eigenvalue weighted by Gasteiger charge is 2.31. The lowest BCUT2D eigenvalue weighted by molar-refractivity contribution is -0.144. The SMILES string of the molecule is CC(C)C(NCC1CCCCC1C(=O)O)c1ccccc1. The minimum Gasteiger partial charge on any atom is -0.481 e. The standard InChI is InChI=1S/C18H27NO2/c1-13(2)17(14-8-4-3-5-9-14)19-12-15-10-6-7-11-16(15)18(20)21/h3-5,8-9,13,15-17,19H,6-7,10-12H2,1-2H3,(H,20,21). The minimum absolute atomic E-state index is 0.171. The molecule has 1 fully saturated rings. The Morgan fingerprint density at radius 3 is 2.52 bits per heavy atom. The largest absolute Gasteiger partial charge is 0.481 e. The summed E-state index contributed by atoms with van der Waals surface area (Å²) in [4.78, 5) is 11.4. The van der Waals surface area contributed by atoms with E-state index in [1.54, 1.807) is 0 Å². The molecule has 0 saturated heterocycles. The molecular weight excluding hydrogens is 262 g/mol. The van der Waals surface area contributed by atoms with Crippen molar-refractivity contribution in [1.29, 1.82) is 0 Å². The van der Waals surface area contributed by atoms with Gasteiger partial charge in [0.1, 0.15) is 0 Å². The lowest BCUT2D eigenvalue weighted by Gasteiger charge is -2.31. The molecular formula is C18H27NO2. The average Bonchev–Trinajstić information content (AvgIpc) is 2.48. The van der Waals surface area contributed by atoms with Crippen LogP contribution in [0.25, 0.3) is 0 Å². The van der Waals surface area contributed by atoms with Gasteiger partial charge < -0.3 is 10.4 Å². The van der Waals surface area contributed by atoms with Crippen LogP contribution in [-0.2, 0) is 4.79 Å². The Balaban J connectivity index is 2.00. The first-order chi connectivity index (χ1) is 10.1. The van der Waals surface area contributed by atoms with Crippen LogP contribution in [0.1, 0.15) is 51.1 Å². The Morgan fingerprint density at radius 1 is 1.24 bits per heavy atom. The smallest absolute Gasteiger partial charge is 0.306 e. The van der Waals surface area contributed by atoms with Crippen LogP contribution in [0.4, 0.5) is 0 Å². The highest BCUT2D eigenvalue weighted by atomic mass is 16.4. The van der Waals surface area contributed by atoms with Gasteiger partial charge >= 0.3 is 5.97 Å². The van der Waals surface area contributed by atoms with E-state index < -0.39 is 5.97 Å². The Kier molecular flexibility index (Phi) is 5.80. The molecule has 1 aromatic rings. The van der Waals surface area contributed by atoms with E-state index in [1.807, 2.05) is 6.07 Å². The van der Waals surface area contributed by atoms with Gasteiger partial charge in [-0.25, -0.2) is 0 Å². The van der Waals surface area contributed by atoms with Crippen molar-refractivity contribution < 1.29 is 9.90 Å². The quantitative estimate of drug-likeness (QED) is 0.836. The molecule has 1 saturated carbocycles. The summed E-state index contributed by atoms with van der Waals surface area (Å²) in [5.74, 6) is -0.0439. The number of nitrogens with one attached hydrogen (secondary N) is 1. The molecule has 2 N–H and O–H groups in total. The van der Waals surface area contributed by atoms with E-state index in [0.29, 0.717) is 12.0 Å². The first kappa shape index (κ1) is 16.0. The van der Waals surface area contributed by atoms with Crippen LogP contribution in [0, 0.1) is 17.8 Å². The predicted octanol–water partition coefficient (Wildman–Crippen LogP) is 3.86. The summed E-state index contributed by atoms with van der Waals surface area (Å²) in [6.07, 6.45) is 4.08. The van der Waals surface area contributed by atoms with Crippen molar-refractivity contribution in [3.63, 3.8) is 0 Å². The Hall–Kier alpha value is -1.35. The summed E-state index contributed by atoms with van der Waals surface area (Å²) in [5, 5.41) is 13.0. The number of carboxylic acid groups (broad SMARTS) is 1. The number of aliphatic carboxylic acids is 1. The lowest BCUT2D eigenvalue weighted by Crippen LogP contribution is -2.37. The molecule has 3 heteroatoms. The van der Waals surface area contributed by atoms with Crippen molar-refractivity contribution in [3.05, 3.63) is 35.9 Å². The van der Waals surface area contributed by atoms with Crippen molar-refractivity contribution in [2.24, 2.45) is 17.8 Å². The fourth-order valence-electron chi connectivity index (χ4n) is 3.45. The van der Waals surface area contributed by atoms with Gasteiger partial charge in [0.05, 0.1) is 5.92 Å². The molecule has 0 radical (unpaired) electrons. The van der Waals surface area contributed by atoms with E-state index in [-0.39, 0.29) is 11.8 Å². The molecule has 3 unspecified atom stereocenters. The highest BCUT2D eigenvalue weighted by molar-refractivity contribution is 5.70. The van der Waals surface area contributed by atoms with E-state index >= 15 is 0 Å². The number of rotatable bonds is 6. The summed E-state index contributed by atoms with van der Waals surface area (Å²) in [6.45, 7) is 5.22. The number of carbonyl (C=O) groups is 1. The van der Waals surface area contributed by atoms with Crippen molar-refractivity contribution in [2.45, 2.75) is 45.6 Å². The normalized spacial score (nSPS) is 24.0. The summed E-state index contributed by atoms with van der Waals surface area (Å²) in [6, 6.07) is 10.7. The third kappa shape index (κ3) is 4.31. The van der Waals surface area contributed by atoms with Crippen molar-refractivity contribution in [2.75, 3.05) is 6.54 Å². The lowest BCUT2D eigenvalue weighted by atomic mass is 9.79. The van der Waals surface area contributed by atoms with E-state index in [2.05, 4.69) is 43.4 Å². The Labute approximate surface area is 127 Å². The average molecular weight is 289 g/mol. The molecule has 3 atom stereocenters. The third-order valence-electron chi connectivity index (χ3n) is 4.65. The van der Waals surface area contributed by atoms with Gasteiger partial charge in [0.25, 0.3) is 0 Å². The van der Waals surface area contributed by atoms with Crippen LogP contribution >= 0.6 is 0 Å². The third-order valence-corrected chi connectivity index (χ3v) is 4.65. The molecule has 0 amide bonds. The van der Waals surface area contributed by atoms with Gasteiger partial charge in [0.15, 0.2) is 0 Å². The molecule has 0 aliphatic heterocycles. The summed E-state index contributed by atoms with van der Waals surface area (Å²) >= 11 is 0. The molecule has 0 heterocycles. The van der Waals surface area contributed by atoms with Gasteiger partial charge in [-0.2, -0.15) is 0 Å². The van der Waals surface area contributed by atoms with Gasteiger partial charge in [0, 0.05) is 6.04 Å². The zero-order valence-corrected chi connectivity index (χ0v) is 13.1. The Bertz CT molecular complexity index is 444. The van der Waals surface area contributed by atoms with Gasteiger partial charge in [-0.3, -0.25) is 4.79 Å². The van der Waals surface area contributed by atoms with Crippen molar-refractivity contribution >= 4 is 5.97 Å². The van der Waals surface area contributed by atoms with E-state index in [9.17, 15) is 9.90 Å². The molecule has 116 valence electrons. The van der Waals surface area contributed by atoms with Crippen LogP contribution in [0.15, 0.2) is 30.3 Å². The number of carboxylic acids is 1. The van der Waals surface area contributed by atoms with E-state index in [4.69, 9.17) is 0 Å². The molecule has 1 aromatic carbocycles. The van der Waals surface area contributed by atoms with Gasteiger partial charge in [-0.1, -0.05) is 57.0 Å². The monoisotopic (exact) mass is 289 g/mol. The maximum Gasteiger partial charge on any atom is 0.306 e. The topological polar surface area (TPSA) is 49.3 Å². The maximum absolute atomic E-state index is 11.4. The molecule has 0 bridgehead atoms. The second kappa shape index (κ2) is 7.60. The number of benzene rings is 1. The summed E-state index contributed by atoms with van der Waals surface area (Å²) in [7, 11) is 0. The van der Waals surface area contributed by atoms with Gasteiger partial charge in [-0.15, -0.1) is 0 Å². The van der Waals surface area contributed by atoms with Crippen LogP contribution in [0.5, 0.6) is 0 Å². The first-order valence-electron chi connectivity index (χ1n) is 8.10. The predicted molar refractivity (Wildman–Crippen MR) is 85.1 cm³/mol. The van der Waals surface area contributed by atoms with Crippen LogP contribution in [0.2, 0.25) is 0 Å². The molecule has 0 aromatic heterocycles. The zero-order chi connectivity index (χ0) is 15.2. The van der Waals surface area contributed by atoms with Crippen LogP contribution in [-0.4, -0.2) is 17.6 Å². The van der Waals surface area contributed by atoms with Gasteiger partial charge in [0.2, 0.25) is 0 Å².